The van der Waals surface area contributed by atoms with Gasteiger partial charge < -0.3 is 0 Å². The van der Waals surface area contributed by atoms with Gasteiger partial charge in [-0.1, -0.05) is 0 Å². The molecule has 2 rings (SSSR count). The first-order chi connectivity index (χ1) is 10.2. The van der Waals surface area contributed by atoms with E-state index in [2.05, 4.69) is 0 Å². The number of rotatable bonds is 8. The normalized spacial score (nSPS) is 13.1. The van der Waals surface area contributed by atoms with E-state index in [-0.39, 0.29) is 11.9 Å². The van der Waals surface area contributed by atoms with Crippen LogP contribution >= 0.6 is 0 Å². The molecule has 7 heteroatoms. The maximum absolute atomic E-state index is 11.9. The zero-order chi connectivity index (χ0) is 14.9. The molecule has 21 heavy (non-hydrogen) atoms. The van der Waals surface area contributed by atoms with E-state index in [9.17, 15) is 8.42 Å². The van der Waals surface area contributed by atoms with Crippen molar-refractivity contribution in [2.45, 2.75) is 0 Å². The third-order valence-electron chi connectivity index (χ3n) is 2.34. The number of para-hydroxylation sites is 2. The minimum atomic E-state index is -1.57. The summed E-state index contributed by atoms with van der Waals surface area (Å²) >= 11 is -1.57. The molecule has 4 nitrogen and oxygen atoms in total. The van der Waals surface area contributed by atoms with E-state index < -0.39 is 35.4 Å². The summed E-state index contributed by atoms with van der Waals surface area (Å²) in [5.74, 6) is 1.56. The standard InChI is InChI=1S/2C7H7O2S.Zr/c2*8-10-6-9-7-4-2-1-3-5-7;/h2*1-5H,6H2;/q2*+1;-2. The average molecular weight is 402 g/mol. The minimum absolute atomic E-state index is 0.104. The summed E-state index contributed by atoms with van der Waals surface area (Å²) in [6.45, 7) is 0. The topological polar surface area (TPSA) is 52.6 Å². The molecule has 0 aliphatic carbocycles. The van der Waals surface area contributed by atoms with Gasteiger partial charge in [-0.3, -0.25) is 0 Å². The predicted molar refractivity (Wildman–Crippen MR) is 80.2 cm³/mol. The van der Waals surface area contributed by atoms with Crippen LogP contribution in [0, 0.1) is 0 Å². The van der Waals surface area contributed by atoms with Crippen molar-refractivity contribution in [2.75, 3.05) is 11.9 Å². The average Bonchev–Trinajstić information content (AvgIpc) is 2.53. The summed E-state index contributed by atoms with van der Waals surface area (Å²) < 4.78 is 34.5. The van der Waals surface area contributed by atoms with Gasteiger partial charge in [-0.15, -0.1) is 0 Å². The molecule has 0 heterocycles. The Morgan fingerprint density at radius 2 is 1.10 bits per heavy atom. The van der Waals surface area contributed by atoms with E-state index in [0.29, 0.717) is 11.5 Å². The van der Waals surface area contributed by atoms with Crippen LogP contribution in [0.4, 0.5) is 0 Å². The zero-order valence-electron chi connectivity index (χ0n) is 11.1. The fraction of sp³-hybridized carbons (Fsp3) is 0.143. The molecule has 2 aromatic rings. The summed E-state index contributed by atoms with van der Waals surface area (Å²) in [5, 5.41) is 0. The molecule has 2 atom stereocenters. The van der Waals surface area contributed by atoms with Crippen molar-refractivity contribution in [2.24, 2.45) is 0 Å². The van der Waals surface area contributed by atoms with Crippen molar-refractivity contribution in [1.82, 2.24) is 0 Å². The molecule has 110 valence electrons. The molecular formula is C14H14O4S2Zr. The van der Waals surface area contributed by atoms with Crippen LogP contribution in [0.3, 0.4) is 0 Å². The molecule has 0 fully saturated rings. The Labute approximate surface area is 136 Å². The summed E-state index contributed by atoms with van der Waals surface area (Å²) in [5.41, 5.74) is 0. The van der Waals surface area contributed by atoms with Gasteiger partial charge in [-0.25, -0.2) is 0 Å². The summed E-state index contributed by atoms with van der Waals surface area (Å²) in [6, 6.07) is 18.4. The molecule has 0 saturated heterocycles. The Kier molecular flexibility index (Phi) is 7.33. The summed E-state index contributed by atoms with van der Waals surface area (Å²) in [7, 11) is -2.28. The first-order valence-corrected chi connectivity index (χ1v) is 14.8. The number of benzene rings is 2. The zero-order valence-corrected chi connectivity index (χ0v) is 15.2. The first kappa shape index (κ1) is 16.6. The van der Waals surface area contributed by atoms with Gasteiger partial charge in [-0.05, 0) is 0 Å². The van der Waals surface area contributed by atoms with E-state index in [0.717, 1.165) is 0 Å². The van der Waals surface area contributed by atoms with Crippen LogP contribution in [0.1, 0.15) is 0 Å². The summed E-state index contributed by atoms with van der Waals surface area (Å²) in [4.78, 5) is 0. The van der Waals surface area contributed by atoms with Crippen LogP contribution in [-0.2, 0) is 35.4 Å². The second-order valence-electron chi connectivity index (χ2n) is 3.92. The summed E-state index contributed by atoms with van der Waals surface area (Å²) in [6.07, 6.45) is 0. The van der Waals surface area contributed by atoms with Crippen molar-refractivity contribution < 1.29 is 38.2 Å². The molecule has 0 aromatic heterocycles. The van der Waals surface area contributed by atoms with Crippen LogP contribution in [0.5, 0.6) is 11.5 Å². The van der Waals surface area contributed by atoms with Gasteiger partial charge in [0.15, 0.2) is 0 Å². The molecule has 0 N–H and O–H groups in total. The second-order valence-corrected chi connectivity index (χ2v) is 16.8. The Hall–Kier alpha value is -0.777. The van der Waals surface area contributed by atoms with Crippen molar-refractivity contribution in [3.05, 3.63) is 60.7 Å². The molecule has 0 aliphatic heterocycles. The van der Waals surface area contributed by atoms with E-state index in [1.54, 1.807) is 24.3 Å². The van der Waals surface area contributed by atoms with Crippen LogP contribution in [0.2, 0.25) is 0 Å². The van der Waals surface area contributed by atoms with Gasteiger partial charge in [0, 0.05) is 0 Å². The van der Waals surface area contributed by atoms with E-state index in [1.165, 1.54) is 0 Å². The van der Waals surface area contributed by atoms with E-state index >= 15 is 0 Å². The maximum atomic E-state index is 11.9. The van der Waals surface area contributed by atoms with Gasteiger partial charge in [0.1, 0.15) is 0 Å². The van der Waals surface area contributed by atoms with Crippen molar-refractivity contribution in [3.8, 4) is 11.5 Å². The third-order valence-corrected chi connectivity index (χ3v) is 14.5. The number of hydrogen-bond donors (Lipinski definition) is 0. The monoisotopic (exact) mass is 400 g/mol. The second kappa shape index (κ2) is 9.28. The molecule has 0 bridgehead atoms. The van der Waals surface area contributed by atoms with Gasteiger partial charge in [0.25, 0.3) is 0 Å². The quantitative estimate of drug-likeness (QED) is 0.682. The van der Waals surface area contributed by atoms with Gasteiger partial charge in [-0.2, -0.15) is 0 Å². The molecule has 2 unspecified atom stereocenters. The Bertz CT molecular complexity index is 539. The fourth-order valence-electron chi connectivity index (χ4n) is 1.43. The number of ether oxygens (including phenoxy) is 2. The van der Waals surface area contributed by atoms with Crippen LogP contribution in [-0.4, -0.2) is 20.3 Å². The van der Waals surface area contributed by atoms with Gasteiger partial charge in [0.05, 0.1) is 0 Å². The molecule has 2 aromatic carbocycles. The van der Waals surface area contributed by atoms with Crippen LogP contribution in [0.25, 0.3) is 0 Å². The van der Waals surface area contributed by atoms with Crippen molar-refractivity contribution in [3.63, 3.8) is 0 Å². The molecule has 0 saturated carbocycles. The fourth-order valence-corrected chi connectivity index (χ4v) is 10.7. The first-order valence-electron chi connectivity index (χ1n) is 6.13. The SMILES string of the molecule is O=[S](COc1ccccc1)[Zr][S](=O)COc1ccccc1. The van der Waals surface area contributed by atoms with Crippen LogP contribution in [0.15, 0.2) is 60.7 Å². The molecule has 0 aliphatic rings. The van der Waals surface area contributed by atoms with Crippen molar-refractivity contribution in [1.29, 1.82) is 0 Å². The van der Waals surface area contributed by atoms with Gasteiger partial charge >= 0.3 is 137 Å². The molecular weight excluding hydrogens is 388 g/mol. The molecule has 0 amide bonds. The Balaban J connectivity index is 1.69. The molecule has 0 radical (unpaired) electrons. The predicted octanol–water partition coefficient (Wildman–Crippen LogP) is 2.47. The number of hydrogen-bond acceptors (Lipinski definition) is 4. The molecule has 0 spiro atoms. The van der Waals surface area contributed by atoms with Crippen molar-refractivity contribution >= 4 is 15.1 Å². The van der Waals surface area contributed by atoms with E-state index in [1.807, 2.05) is 36.4 Å². The Morgan fingerprint density at radius 1 is 0.714 bits per heavy atom. The Morgan fingerprint density at radius 3 is 1.48 bits per heavy atom. The third kappa shape index (κ3) is 6.68. The van der Waals surface area contributed by atoms with Crippen LogP contribution < -0.4 is 9.47 Å². The van der Waals surface area contributed by atoms with E-state index in [4.69, 9.17) is 9.47 Å². The van der Waals surface area contributed by atoms with Gasteiger partial charge in [0.2, 0.25) is 0 Å².